The van der Waals surface area contributed by atoms with Gasteiger partial charge in [0.15, 0.2) is 0 Å². The van der Waals surface area contributed by atoms with E-state index in [-0.39, 0.29) is 11.4 Å². The van der Waals surface area contributed by atoms with Crippen LogP contribution in [0.3, 0.4) is 0 Å². The van der Waals surface area contributed by atoms with Crippen LogP contribution in [0.4, 0.5) is 0 Å². The molecule has 0 bridgehead atoms. The lowest BCUT2D eigenvalue weighted by molar-refractivity contribution is 0.0705. The van der Waals surface area contributed by atoms with Gasteiger partial charge in [0, 0.05) is 54.2 Å². The number of aryl methyl sites for hydroxylation is 1. The van der Waals surface area contributed by atoms with E-state index >= 15 is 0 Å². The summed E-state index contributed by atoms with van der Waals surface area (Å²) in [4.78, 5) is 27.3. The Balaban J connectivity index is 1.62. The van der Waals surface area contributed by atoms with Crippen molar-refractivity contribution in [3.63, 3.8) is 0 Å². The van der Waals surface area contributed by atoms with Crippen LogP contribution in [0.5, 0.6) is 0 Å². The van der Waals surface area contributed by atoms with Gasteiger partial charge < -0.3 is 14.5 Å². The highest BCUT2D eigenvalue weighted by Crippen LogP contribution is 2.54. The zero-order valence-corrected chi connectivity index (χ0v) is 16.9. The van der Waals surface area contributed by atoms with Gasteiger partial charge in [0.25, 0.3) is 5.91 Å². The average Bonchev–Trinajstić information content (AvgIpc) is 3.19. The van der Waals surface area contributed by atoms with E-state index in [0.717, 1.165) is 46.7 Å². The quantitative estimate of drug-likeness (QED) is 0.550. The highest BCUT2D eigenvalue weighted by Gasteiger charge is 2.53. The molecule has 1 aromatic carbocycles. The van der Waals surface area contributed by atoms with Crippen LogP contribution in [0.25, 0.3) is 28.2 Å². The monoisotopic (exact) mass is 395 g/mol. The van der Waals surface area contributed by atoms with Crippen molar-refractivity contribution in [2.45, 2.75) is 25.3 Å². The molecule has 0 atom stereocenters. The third kappa shape index (κ3) is 2.27. The molecular weight excluding hydrogens is 374 g/mol. The molecule has 1 N–H and O–H groups in total. The number of nitrogens with zero attached hydrogens (tertiary/aromatic N) is 4. The van der Waals surface area contributed by atoms with Crippen LogP contribution in [0.2, 0.25) is 0 Å². The summed E-state index contributed by atoms with van der Waals surface area (Å²) in [5, 5.41) is 0. The minimum absolute atomic E-state index is 0.0422. The zero-order chi connectivity index (χ0) is 20.5. The molecule has 0 unspecified atom stereocenters. The number of imidazole rings is 1. The van der Waals surface area contributed by atoms with Crippen molar-refractivity contribution in [2.75, 3.05) is 7.05 Å². The number of rotatable bonds is 2. The van der Waals surface area contributed by atoms with Crippen LogP contribution in [0, 0.1) is 6.92 Å². The molecule has 1 aliphatic heterocycles. The van der Waals surface area contributed by atoms with Crippen molar-refractivity contribution in [3.05, 3.63) is 78.1 Å². The van der Waals surface area contributed by atoms with Gasteiger partial charge in [-0.05, 0) is 43.5 Å². The predicted octanol–water partition coefficient (Wildman–Crippen LogP) is 4.31. The van der Waals surface area contributed by atoms with Crippen LogP contribution in [0.15, 0.2) is 61.2 Å². The summed E-state index contributed by atoms with van der Waals surface area (Å²) in [6.45, 7) is 2.02. The van der Waals surface area contributed by atoms with E-state index in [0.29, 0.717) is 5.69 Å². The molecule has 4 heterocycles. The number of hydrogen-bond acceptors (Lipinski definition) is 3. The summed E-state index contributed by atoms with van der Waals surface area (Å²) < 4.78 is 2.04. The van der Waals surface area contributed by atoms with Gasteiger partial charge >= 0.3 is 0 Å². The third-order valence-electron chi connectivity index (χ3n) is 6.56. The largest absolute Gasteiger partial charge is 0.345 e. The maximum Gasteiger partial charge on any atom is 0.271 e. The van der Waals surface area contributed by atoms with Crippen LogP contribution in [-0.4, -0.2) is 37.4 Å². The SMILES string of the molecule is Cc1ncccc1-c1ccc2c(c1)-n1cc(-c3ncc[nH]3)cc1C(=O)N(C)C21CC1. The normalized spacial score (nSPS) is 16.3. The number of carbonyl (C=O) groups excluding carboxylic acids is 1. The van der Waals surface area contributed by atoms with Crippen molar-refractivity contribution in [1.82, 2.24) is 24.4 Å². The molecule has 6 nitrogen and oxygen atoms in total. The molecule has 30 heavy (non-hydrogen) atoms. The molecule has 1 spiro atoms. The van der Waals surface area contributed by atoms with Crippen molar-refractivity contribution < 1.29 is 4.79 Å². The van der Waals surface area contributed by atoms with Crippen LogP contribution in [0.1, 0.15) is 34.6 Å². The maximum atomic E-state index is 13.4. The van der Waals surface area contributed by atoms with Gasteiger partial charge in [-0.15, -0.1) is 0 Å². The fourth-order valence-corrected chi connectivity index (χ4v) is 4.73. The van der Waals surface area contributed by atoms with E-state index in [9.17, 15) is 4.79 Å². The number of aromatic amines is 1. The molecule has 6 heteroatoms. The first-order chi connectivity index (χ1) is 14.6. The molecule has 1 amide bonds. The fourth-order valence-electron chi connectivity index (χ4n) is 4.73. The standard InChI is InChI=1S/C24H21N5O/c1-15-18(4-3-9-25-15)16-5-6-19-20(12-16)29-14-17(22-26-10-11-27-22)13-21(29)23(30)28(2)24(19)7-8-24/h3-6,9-14H,7-8H2,1-2H3,(H,26,27). The minimum atomic E-state index is -0.210. The number of hydrogen-bond donors (Lipinski definition) is 1. The number of carbonyl (C=O) groups is 1. The first-order valence-corrected chi connectivity index (χ1v) is 10.2. The average molecular weight is 395 g/mol. The summed E-state index contributed by atoms with van der Waals surface area (Å²) in [6, 6.07) is 12.5. The lowest BCUT2D eigenvalue weighted by Crippen LogP contribution is -2.36. The summed E-state index contributed by atoms with van der Waals surface area (Å²) in [5.74, 6) is 0.800. The molecule has 0 saturated heterocycles. The van der Waals surface area contributed by atoms with Crippen LogP contribution in [-0.2, 0) is 5.54 Å². The second-order valence-corrected chi connectivity index (χ2v) is 8.19. The Morgan fingerprint density at radius 2 is 1.93 bits per heavy atom. The Bertz CT molecular complexity index is 1300. The Hall–Kier alpha value is -3.67. The van der Waals surface area contributed by atoms with Crippen LogP contribution >= 0.6 is 0 Å². The lowest BCUT2D eigenvalue weighted by atomic mass is 9.96. The summed E-state index contributed by atoms with van der Waals surface area (Å²) in [6.07, 6.45) is 9.33. The number of pyridine rings is 1. The lowest BCUT2D eigenvalue weighted by Gasteiger charge is -2.27. The maximum absolute atomic E-state index is 13.4. The summed E-state index contributed by atoms with van der Waals surface area (Å²) >= 11 is 0. The first kappa shape index (κ1) is 17.2. The second-order valence-electron chi connectivity index (χ2n) is 8.19. The molecule has 1 fully saturated rings. The Morgan fingerprint density at radius 3 is 2.67 bits per heavy atom. The van der Waals surface area contributed by atoms with E-state index < -0.39 is 0 Å². The van der Waals surface area contributed by atoms with Gasteiger partial charge in [0.05, 0.1) is 11.2 Å². The second kappa shape index (κ2) is 5.92. The molecule has 1 saturated carbocycles. The summed E-state index contributed by atoms with van der Waals surface area (Å²) in [7, 11) is 1.92. The van der Waals surface area contributed by atoms with E-state index in [1.165, 1.54) is 5.56 Å². The highest BCUT2D eigenvalue weighted by molar-refractivity contribution is 5.97. The van der Waals surface area contributed by atoms with Gasteiger partial charge in [-0.3, -0.25) is 9.78 Å². The van der Waals surface area contributed by atoms with Crippen molar-refractivity contribution in [3.8, 4) is 28.2 Å². The fraction of sp³-hybridized carbons (Fsp3) is 0.208. The van der Waals surface area contributed by atoms with Gasteiger partial charge in [0.1, 0.15) is 11.5 Å². The van der Waals surface area contributed by atoms with Crippen molar-refractivity contribution >= 4 is 5.91 Å². The van der Waals surface area contributed by atoms with E-state index in [2.05, 4.69) is 39.2 Å². The van der Waals surface area contributed by atoms with Gasteiger partial charge in [0.2, 0.25) is 0 Å². The zero-order valence-electron chi connectivity index (χ0n) is 16.9. The first-order valence-electron chi connectivity index (χ1n) is 10.2. The van der Waals surface area contributed by atoms with Gasteiger partial charge in [-0.25, -0.2) is 4.98 Å². The van der Waals surface area contributed by atoms with Gasteiger partial charge in [-0.2, -0.15) is 0 Å². The smallest absolute Gasteiger partial charge is 0.271 e. The Morgan fingerprint density at radius 1 is 1.07 bits per heavy atom. The Labute approximate surface area is 174 Å². The minimum Gasteiger partial charge on any atom is -0.345 e. The molecule has 1 aliphatic carbocycles. The van der Waals surface area contributed by atoms with Crippen molar-refractivity contribution in [2.24, 2.45) is 0 Å². The van der Waals surface area contributed by atoms with E-state index in [1.54, 1.807) is 12.4 Å². The number of aromatic nitrogens is 4. The number of nitrogens with one attached hydrogen (secondary N) is 1. The number of benzene rings is 1. The number of fused-ring (bicyclic) bond motifs is 4. The molecular formula is C24H21N5O. The van der Waals surface area contributed by atoms with E-state index in [1.807, 2.05) is 48.0 Å². The van der Waals surface area contributed by atoms with Gasteiger partial charge in [-0.1, -0.05) is 18.2 Å². The number of amides is 1. The molecule has 6 rings (SSSR count). The topological polar surface area (TPSA) is 66.8 Å². The molecule has 148 valence electrons. The molecule has 0 radical (unpaired) electrons. The van der Waals surface area contributed by atoms with Crippen molar-refractivity contribution in [1.29, 1.82) is 0 Å². The Kier molecular flexibility index (Phi) is 3.40. The number of H-pyrrole nitrogens is 1. The molecule has 3 aromatic heterocycles. The highest BCUT2D eigenvalue weighted by atomic mass is 16.2. The summed E-state index contributed by atoms with van der Waals surface area (Å²) in [5.41, 5.74) is 6.80. The third-order valence-corrected chi connectivity index (χ3v) is 6.56. The predicted molar refractivity (Wildman–Crippen MR) is 114 cm³/mol. The van der Waals surface area contributed by atoms with Crippen LogP contribution < -0.4 is 0 Å². The molecule has 4 aromatic rings. The van der Waals surface area contributed by atoms with E-state index in [4.69, 9.17) is 0 Å². The molecule has 2 aliphatic rings.